The monoisotopic (exact) mass is 411 g/mol. The van der Waals surface area contributed by atoms with E-state index in [1.54, 1.807) is 0 Å². The summed E-state index contributed by atoms with van der Waals surface area (Å²) in [5.41, 5.74) is 4.51. The van der Waals surface area contributed by atoms with E-state index >= 15 is 0 Å². The highest BCUT2D eigenvalue weighted by Gasteiger charge is 2.28. The molecule has 0 amide bonds. The summed E-state index contributed by atoms with van der Waals surface area (Å²) in [5.74, 6) is 8.33. The Bertz CT molecular complexity index is 685. The molecule has 1 aliphatic rings. The zero-order valence-corrected chi connectivity index (χ0v) is 14.6. The molecule has 21 heavy (non-hydrogen) atoms. The van der Waals surface area contributed by atoms with E-state index in [1.807, 2.05) is 25.1 Å². The van der Waals surface area contributed by atoms with Crippen LogP contribution in [0.2, 0.25) is 0 Å². The molecule has 2 aromatic rings. The van der Waals surface area contributed by atoms with E-state index in [0.29, 0.717) is 11.7 Å². The van der Waals surface area contributed by atoms with Gasteiger partial charge in [-0.2, -0.15) is 0 Å². The van der Waals surface area contributed by atoms with Crippen LogP contribution in [-0.4, -0.2) is 9.97 Å². The van der Waals surface area contributed by atoms with Crippen LogP contribution in [0.1, 0.15) is 30.1 Å². The Balaban J connectivity index is 1.98. The summed E-state index contributed by atoms with van der Waals surface area (Å²) in [6, 6.07) is 5.96. The number of benzene rings is 1. The number of hydrogen-bond donors (Lipinski definition) is 3. The van der Waals surface area contributed by atoms with Gasteiger partial charge in [-0.05, 0) is 53.9 Å². The van der Waals surface area contributed by atoms with Crippen LogP contribution < -0.4 is 16.6 Å². The fourth-order valence-electron chi connectivity index (χ4n) is 2.04. The van der Waals surface area contributed by atoms with Gasteiger partial charge in [0.1, 0.15) is 17.5 Å². The maximum Gasteiger partial charge on any atom is 0.148 e. The van der Waals surface area contributed by atoms with Crippen molar-refractivity contribution in [3.05, 3.63) is 38.5 Å². The van der Waals surface area contributed by atoms with Crippen molar-refractivity contribution >= 4 is 49.2 Å². The first kappa shape index (κ1) is 14.7. The van der Waals surface area contributed by atoms with Crippen LogP contribution in [0.15, 0.2) is 27.1 Å². The third kappa shape index (κ3) is 3.20. The zero-order chi connectivity index (χ0) is 15.0. The largest absolute Gasteiger partial charge is 0.339 e. The minimum atomic E-state index is 0.464. The maximum absolute atomic E-state index is 5.57. The predicted molar refractivity (Wildman–Crippen MR) is 91.7 cm³/mol. The number of halogens is 2. The number of hydrogen-bond acceptors (Lipinski definition) is 5. The number of anilines is 3. The van der Waals surface area contributed by atoms with Crippen molar-refractivity contribution in [2.24, 2.45) is 5.84 Å². The van der Waals surface area contributed by atoms with E-state index in [1.165, 1.54) is 0 Å². The molecule has 1 aromatic carbocycles. The van der Waals surface area contributed by atoms with Crippen molar-refractivity contribution in [1.29, 1.82) is 0 Å². The summed E-state index contributed by atoms with van der Waals surface area (Å²) in [6.07, 6.45) is 2.29. The van der Waals surface area contributed by atoms with Gasteiger partial charge >= 0.3 is 0 Å². The van der Waals surface area contributed by atoms with Crippen molar-refractivity contribution in [3.63, 3.8) is 0 Å². The van der Waals surface area contributed by atoms with Crippen LogP contribution in [0.5, 0.6) is 0 Å². The molecule has 3 rings (SSSR count). The second kappa shape index (κ2) is 5.90. The van der Waals surface area contributed by atoms with E-state index < -0.39 is 0 Å². The van der Waals surface area contributed by atoms with Gasteiger partial charge in [0.25, 0.3) is 0 Å². The molecule has 0 atom stereocenters. The second-order valence-corrected chi connectivity index (χ2v) is 6.84. The molecule has 1 fully saturated rings. The molecule has 0 saturated heterocycles. The normalized spacial score (nSPS) is 14.1. The van der Waals surface area contributed by atoms with Gasteiger partial charge in [0.15, 0.2) is 0 Å². The Labute approximate surface area is 140 Å². The highest BCUT2D eigenvalue weighted by atomic mass is 79.9. The number of rotatable bonds is 4. The molecule has 7 heteroatoms. The molecule has 1 saturated carbocycles. The third-order valence-corrected chi connectivity index (χ3v) is 4.58. The van der Waals surface area contributed by atoms with Gasteiger partial charge in [-0.3, -0.25) is 0 Å². The molecule has 0 radical (unpaired) electrons. The number of hydrazine groups is 1. The van der Waals surface area contributed by atoms with Gasteiger partial charge < -0.3 is 10.7 Å². The summed E-state index contributed by atoms with van der Waals surface area (Å²) >= 11 is 7.00. The topological polar surface area (TPSA) is 75.9 Å². The minimum absolute atomic E-state index is 0.464. The van der Waals surface area contributed by atoms with E-state index in [2.05, 4.69) is 52.6 Å². The van der Waals surface area contributed by atoms with Gasteiger partial charge in [-0.1, -0.05) is 15.9 Å². The highest BCUT2D eigenvalue weighted by molar-refractivity contribution is 9.11. The van der Waals surface area contributed by atoms with Crippen LogP contribution in [0, 0.1) is 6.92 Å². The van der Waals surface area contributed by atoms with Crippen LogP contribution in [-0.2, 0) is 0 Å². The Kier molecular flexibility index (Phi) is 4.14. The molecule has 1 aromatic heterocycles. The predicted octanol–water partition coefficient (Wildman–Crippen LogP) is 4.22. The Morgan fingerprint density at radius 1 is 1.19 bits per heavy atom. The molecular weight excluding hydrogens is 398 g/mol. The van der Waals surface area contributed by atoms with Crippen molar-refractivity contribution < 1.29 is 0 Å². The lowest BCUT2D eigenvalue weighted by atomic mass is 10.2. The number of nitrogen functional groups attached to an aromatic ring is 1. The standard InChI is InChI=1S/C14H15Br2N5/c1-7-12(18-11-5-4-9(15)6-10(11)16)19-14(8-2-3-8)20-13(7)21-17/h4-6,8H,2-3,17H2,1H3,(H2,18,19,20,21). The van der Waals surface area contributed by atoms with Gasteiger partial charge in [-0.25, -0.2) is 15.8 Å². The SMILES string of the molecule is Cc1c(NN)nc(C2CC2)nc1Nc1ccc(Br)cc1Br. The average Bonchev–Trinajstić information content (AvgIpc) is 3.28. The molecule has 1 aliphatic carbocycles. The molecule has 0 unspecified atom stereocenters. The van der Waals surface area contributed by atoms with Crippen molar-refractivity contribution in [3.8, 4) is 0 Å². The van der Waals surface area contributed by atoms with E-state index in [4.69, 9.17) is 5.84 Å². The van der Waals surface area contributed by atoms with Gasteiger partial charge in [0.2, 0.25) is 0 Å². The van der Waals surface area contributed by atoms with Gasteiger partial charge in [0, 0.05) is 20.4 Å². The summed E-state index contributed by atoms with van der Waals surface area (Å²) in [4.78, 5) is 9.14. The third-order valence-electron chi connectivity index (χ3n) is 3.43. The molecule has 0 bridgehead atoms. The van der Waals surface area contributed by atoms with Crippen molar-refractivity contribution in [2.75, 3.05) is 10.7 Å². The highest BCUT2D eigenvalue weighted by Crippen LogP contribution is 2.40. The van der Waals surface area contributed by atoms with Crippen LogP contribution in [0.4, 0.5) is 17.3 Å². The lowest BCUT2D eigenvalue weighted by Crippen LogP contribution is -2.14. The van der Waals surface area contributed by atoms with E-state index in [9.17, 15) is 0 Å². The lowest BCUT2D eigenvalue weighted by molar-refractivity contribution is 0.920. The Morgan fingerprint density at radius 3 is 2.52 bits per heavy atom. The number of nitrogens with zero attached hydrogens (tertiary/aromatic N) is 2. The van der Waals surface area contributed by atoms with Crippen LogP contribution in [0.3, 0.4) is 0 Å². The zero-order valence-electron chi connectivity index (χ0n) is 11.5. The summed E-state index contributed by atoms with van der Waals surface area (Å²) < 4.78 is 1.98. The fourth-order valence-corrected chi connectivity index (χ4v) is 3.18. The first-order valence-electron chi connectivity index (χ1n) is 6.65. The second-order valence-electron chi connectivity index (χ2n) is 5.07. The number of nitrogens with two attached hydrogens (primary N) is 1. The maximum atomic E-state index is 5.57. The number of aromatic nitrogens is 2. The number of nitrogens with one attached hydrogen (secondary N) is 2. The molecule has 5 nitrogen and oxygen atoms in total. The average molecular weight is 413 g/mol. The summed E-state index contributed by atoms with van der Waals surface area (Å²) in [7, 11) is 0. The Morgan fingerprint density at radius 2 is 1.90 bits per heavy atom. The van der Waals surface area contributed by atoms with Crippen LogP contribution >= 0.6 is 31.9 Å². The Hall–Kier alpha value is -1.18. The molecular formula is C14H15Br2N5. The van der Waals surface area contributed by atoms with Gasteiger partial charge in [0.05, 0.1) is 5.69 Å². The first-order valence-corrected chi connectivity index (χ1v) is 8.24. The van der Waals surface area contributed by atoms with Crippen LogP contribution in [0.25, 0.3) is 0 Å². The van der Waals surface area contributed by atoms with Crippen molar-refractivity contribution in [2.45, 2.75) is 25.7 Å². The van der Waals surface area contributed by atoms with E-state index in [0.717, 1.165) is 44.7 Å². The van der Waals surface area contributed by atoms with Gasteiger partial charge in [-0.15, -0.1) is 0 Å². The lowest BCUT2D eigenvalue weighted by Gasteiger charge is -2.14. The van der Waals surface area contributed by atoms with E-state index in [-0.39, 0.29) is 0 Å². The fraction of sp³-hybridized carbons (Fsp3) is 0.286. The van der Waals surface area contributed by atoms with Crippen molar-refractivity contribution in [1.82, 2.24) is 9.97 Å². The summed E-state index contributed by atoms with van der Waals surface area (Å²) in [6.45, 7) is 1.95. The first-order chi connectivity index (χ1) is 10.1. The molecule has 110 valence electrons. The molecule has 0 spiro atoms. The smallest absolute Gasteiger partial charge is 0.148 e. The quantitative estimate of drug-likeness (QED) is 0.517. The molecule has 4 N–H and O–H groups in total. The summed E-state index contributed by atoms with van der Waals surface area (Å²) in [5, 5.41) is 3.35. The molecule has 0 aliphatic heterocycles. The minimum Gasteiger partial charge on any atom is -0.339 e. The molecule has 1 heterocycles.